The molecule has 0 saturated heterocycles. The molecule has 2 aliphatic rings. The lowest BCUT2D eigenvalue weighted by molar-refractivity contribution is -0.0961. The zero-order valence-electron chi connectivity index (χ0n) is 41.1. The lowest BCUT2D eigenvalue weighted by atomic mass is 9.27. The minimum atomic E-state index is -5.69. The van der Waals surface area contributed by atoms with Crippen LogP contribution in [0.1, 0.15) is 42.9 Å². The molecule has 0 fully saturated rings. The summed E-state index contributed by atoms with van der Waals surface area (Å²) >= 11 is 0. The minimum Gasteiger partial charge on any atom is -0.559 e. The Morgan fingerprint density at radius 2 is 0.375 bits per heavy atom. The highest BCUT2D eigenvalue weighted by molar-refractivity contribution is 6.98. The summed E-state index contributed by atoms with van der Waals surface area (Å²) in [7, 11) is 0. The molecule has 2 atom stereocenters. The van der Waals surface area contributed by atoms with Crippen LogP contribution in [0.25, 0.3) is 0 Å². The third-order valence-electron chi connectivity index (χ3n) is 13.7. The van der Waals surface area contributed by atoms with Crippen LogP contribution in [0.15, 0.2) is 60.7 Å². The SMILES string of the molecule is Fc1c(F)c(F)c([C@@H]2OC(c3ccccc3)=[O+][B-]2(c2c(F)c(F)c(F)c(F)c2F)c2c(F)c(F)c(F)c(F)c2F)c(F)c1F.Fc1c(F)c(F)c([C@H]2OC(c3ccccc3)=[O+][B-]2(c2c(F)c(F)c(F)c(F)c2F)c2c(F)c(F)c(F)c(F)c2F)c(F)c1F. The molecule has 0 aromatic heterocycles. The first-order chi connectivity index (χ1) is 41.2. The first-order valence-corrected chi connectivity index (χ1v) is 23.1. The van der Waals surface area contributed by atoms with E-state index in [0.29, 0.717) is 0 Å². The third kappa shape index (κ3) is 9.03. The maximum Gasteiger partial charge on any atom is 0.460 e. The highest BCUT2D eigenvalue weighted by Crippen LogP contribution is 2.45. The van der Waals surface area contributed by atoms with E-state index in [2.05, 4.69) is 0 Å². The molecule has 460 valence electrons. The summed E-state index contributed by atoms with van der Waals surface area (Å²) in [4.78, 5) is 0. The summed E-state index contributed by atoms with van der Waals surface area (Å²) in [5.74, 6) is -91.8. The summed E-state index contributed by atoms with van der Waals surface area (Å²) in [6.45, 7) is 0. The van der Waals surface area contributed by atoms with Gasteiger partial charge in [-0.3, -0.25) is 0 Å². The zero-order chi connectivity index (χ0) is 65.1. The predicted molar refractivity (Wildman–Crippen MR) is 237 cm³/mol. The fraction of sp³-hybridized carbons (Fsp3) is 0.0385. The van der Waals surface area contributed by atoms with Gasteiger partial charge in [0, 0.05) is 0 Å². The van der Waals surface area contributed by atoms with Crippen LogP contribution in [0.5, 0.6) is 0 Å². The molecule has 8 aromatic carbocycles. The van der Waals surface area contributed by atoms with E-state index < -0.39 is 255 Å². The van der Waals surface area contributed by atoms with Crippen molar-refractivity contribution < 1.29 is 150 Å². The first kappa shape index (κ1) is 63.2. The number of halogens is 30. The number of hydrogen-bond acceptors (Lipinski definition) is 2. The number of cyclic esters (lactones) is 2. The molecule has 0 spiro atoms. The van der Waals surface area contributed by atoms with Gasteiger partial charge in [-0.25, -0.2) is 132 Å². The molecule has 0 unspecified atom stereocenters. The highest BCUT2D eigenvalue weighted by atomic mass is 19.2. The van der Waals surface area contributed by atoms with Gasteiger partial charge in [0.15, 0.2) is 128 Å². The molecule has 0 saturated carbocycles. The van der Waals surface area contributed by atoms with Gasteiger partial charge < -0.3 is 18.2 Å². The van der Waals surface area contributed by atoms with Gasteiger partial charge in [-0.05, 0) is 46.1 Å². The van der Waals surface area contributed by atoms with Crippen LogP contribution in [0.3, 0.4) is 0 Å². The van der Waals surface area contributed by atoms with E-state index >= 15 is 52.7 Å². The van der Waals surface area contributed by atoms with Crippen molar-refractivity contribution in [3.8, 4) is 0 Å². The van der Waals surface area contributed by atoms with Crippen molar-refractivity contribution in [1.82, 2.24) is 0 Å². The van der Waals surface area contributed by atoms with Crippen molar-refractivity contribution in [3.63, 3.8) is 0 Å². The lowest BCUT2D eigenvalue weighted by Gasteiger charge is -2.32. The van der Waals surface area contributed by atoms with Gasteiger partial charge in [-0.1, -0.05) is 36.4 Å². The van der Waals surface area contributed by atoms with Gasteiger partial charge in [0.2, 0.25) is 11.6 Å². The van der Waals surface area contributed by atoms with E-state index in [1.54, 1.807) is 0 Å². The number of esters is 2. The normalized spacial score (nSPS) is 15.9. The molecular weight excluding hydrogens is 1280 g/mol. The Bertz CT molecular complexity index is 3790. The standard InChI is InChI=1S/2C26H6BF15O2/c2*28-10-7(11(29)17(35)22(40)16(10)34)25-27(44-26(43-25)6-4-2-1-3-5-6,8-12(30)18(36)23(41)19(37)13(8)31)9-14(32)20(38)24(42)21(39)15(9)33/h2*1-5,25H/t2*25-/m10/s1. The van der Waals surface area contributed by atoms with Crippen LogP contribution in [0.4, 0.5) is 132 Å². The van der Waals surface area contributed by atoms with E-state index in [4.69, 9.17) is 18.2 Å². The molecule has 0 amide bonds. The number of carbonyl (C=O) groups excluding carboxylic acids is 2. The maximum atomic E-state index is 15.4. The summed E-state index contributed by atoms with van der Waals surface area (Å²) in [5, 5.41) is 0. The Balaban J connectivity index is 0.000000209. The second-order valence-corrected chi connectivity index (χ2v) is 18.2. The van der Waals surface area contributed by atoms with Crippen LogP contribution in [-0.4, -0.2) is 24.6 Å². The van der Waals surface area contributed by atoms with Crippen LogP contribution in [-0.2, 0) is 9.47 Å². The second-order valence-electron chi connectivity index (χ2n) is 18.2. The van der Waals surface area contributed by atoms with Crippen LogP contribution >= 0.6 is 0 Å². The Hall–Kier alpha value is -9.27. The molecule has 36 heteroatoms. The molecule has 4 nitrogen and oxygen atoms in total. The molecule has 88 heavy (non-hydrogen) atoms. The topological polar surface area (TPSA) is 41.1 Å². The summed E-state index contributed by atoms with van der Waals surface area (Å²) < 4.78 is 461. The molecular formula is C52H12B2F30O4. The van der Waals surface area contributed by atoms with Gasteiger partial charge in [0.25, 0.3) is 0 Å². The summed E-state index contributed by atoms with van der Waals surface area (Å²) in [6, 6.07) is 3.51. The molecule has 0 bridgehead atoms. The van der Waals surface area contributed by atoms with Gasteiger partial charge in [0.05, 0.1) is 11.1 Å². The fourth-order valence-electron chi connectivity index (χ4n) is 9.81. The summed E-state index contributed by atoms with van der Waals surface area (Å²) in [5.41, 5.74) is -16.4. The van der Waals surface area contributed by atoms with Crippen molar-refractivity contribution in [2.24, 2.45) is 0 Å². The molecule has 8 aromatic rings. The molecule has 2 aliphatic heterocycles. The highest BCUT2D eigenvalue weighted by Gasteiger charge is 2.67. The fourth-order valence-corrected chi connectivity index (χ4v) is 9.81. The van der Waals surface area contributed by atoms with Crippen molar-refractivity contribution in [2.75, 3.05) is 0 Å². The number of ether oxygens (including phenoxy) is 2. The average molecular weight is 1290 g/mol. The molecule has 2 heterocycles. The number of benzene rings is 8. The average Bonchev–Trinajstić information content (AvgIpc) is 1.38. The van der Waals surface area contributed by atoms with E-state index in [0.717, 1.165) is 48.5 Å². The van der Waals surface area contributed by atoms with Gasteiger partial charge in [-0.2, -0.15) is 0 Å². The molecule has 0 N–H and O–H groups in total. The van der Waals surface area contributed by atoms with Crippen molar-refractivity contribution in [2.45, 2.75) is 12.0 Å². The monoisotopic (exact) mass is 1290 g/mol. The van der Waals surface area contributed by atoms with E-state index in [-0.39, 0.29) is 0 Å². The van der Waals surface area contributed by atoms with Crippen molar-refractivity contribution in [1.29, 1.82) is 0 Å². The maximum absolute atomic E-state index is 15.4. The Labute approximate surface area is 465 Å². The van der Waals surface area contributed by atoms with Crippen LogP contribution < -0.4 is 21.9 Å². The van der Waals surface area contributed by atoms with Gasteiger partial charge in [-0.15, -0.1) is 0 Å². The molecule has 10 rings (SSSR count). The second kappa shape index (κ2) is 22.5. The minimum absolute atomic E-state index is 0.544. The van der Waals surface area contributed by atoms with Crippen LogP contribution in [0, 0.1) is 175 Å². The Morgan fingerprint density at radius 3 is 0.557 bits per heavy atom. The largest absolute Gasteiger partial charge is 0.559 e. The first-order valence-electron chi connectivity index (χ1n) is 23.1. The van der Waals surface area contributed by atoms with Crippen molar-refractivity contribution in [3.05, 3.63) is 257 Å². The molecule has 0 radical (unpaired) electrons. The predicted octanol–water partition coefficient (Wildman–Crippen LogP) is 13.0. The van der Waals surface area contributed by atoms with Crippen LogP contribution in [0.2, 0.25) is 0 Å². The number of hydrogen-bond donors (Lipinski definition) is 0. The van der Waals surface area contributed by atoms with Crippen molar-refractivity contribution >= 4 is 46.5 Å². The quantitative estimate of drug-likeness (QED) is 0.0380. The van der Waals surface area contributed by atoms with Gasteiger partial charge in [0.1, 0.15) is 57.7 Å². The number of rotatable bonds is 8. The molecule has 0 aliphatic carbocycles. The summed E-state index contributed by atoms with van der Waals surface area (Å²) in [6.07, 6.45) is -11.4. The smallest absolute Gasteiger partial charge is 0.460 e. The van der Waals surface area contributed by atoms with E-state index in [1.165, 1.54) is 12.1 Å². The Morgan fingerprint density at radius 1 is 0.216 bits per heavy atom. The lowest BCUT2D eigenvalue weighted by Crippen LogP contribution is -2.66. The zero-order valence-corrected chi connectivity index (χ0v) is 41.1. The van der Waals surface area contributed by atoms with E-state index in [1.807, 2.05) is 0 Å². The third-order valence-corrected chi connectivity index (χ3v) is 13.7. The Kier molecular flexibility index (Phi) is 16.1. The van der Waals surface area contributed by atoms with E-state index in [9.17, 15) is 79.0 Å². The van der Waals surface area contributed by atoms with Gasteiger partial charge >= 0.3 is 24.6 Å².